The largest absolute Gasteiger partial charge is 0.0654 e. The molecule has 122 valence electrons. The fourth-order valence-corrected chi connectivity index (χ4v) is 3.32. The fourth-order valence-electron chi connectivity index (χ4n) is 3.32. The van der Waals surface area contributed by atoms with Crippen molar-refractivity contribution in [2.45, 2.75) is 112 Å². The highest BCUT2D eigenvalue weighted by Gasteiger charge is 2.17. The second-order valence-electron chi connectivity index (χ2n) is 7.22. The second kappa shape index (κ2) is 14.0. The maximum Gasteiger partial charge on any atom is -0.0391 e. The van der Waals surface area contributed by atoms with Crippen LogP contribution in [0.15, 0.2) is 0 Å². The molecule has 0 amide bonds. The third-order valence-electron chi connectivity index (χ3n) is 5.30. The Morgan fingerprint density at radius 3 is 1.45 bits per heavy atom. The van der Waals surface area contributed by atoms with Crippen LogP contribution >= 0.6 is 0 Å². The van der Waals surface area contributed by atoms with Gasteiger partial charge in [0.15, 0.2) is 0 Å². The van der Waals surface area contributed by atoms with Crippen LogP contribution in [-0.4, -0.2) is 0 Å². The summed E-state index contributed by atoms with van der Waals surface area (Å²) in [5, 5.41) is 0. The van der Waals surface area contributed by atoms with E-state index in [1.165, 1.54) is 77.0 Å². The Morgan fingerprint density at radius 2 is 0.950 bits per heavy atom. The minimum Gasteiger partial charge on any atom is -0.0654 e. The molecule has 0 radical (unpaired) electrons. The molecule has 0 fully saturated rings. The van der Waals surface area contributed by atoms with Crippen molar-refractivity contribution in [1.29, 1.82) is 0 Å². The van der Waals surface area contributed by atoms with Crippen molar-refractivity contribution in [1.82, 2.24) is 0 Å². The highest BCUT2D eigenvalue weighted by atomic mass is 14.2. The zero-order chi connectivity index (χ0) is 15.2. The minimum atomic E-state index is 0.906. The first-order valence-electron chi connectivity index (χ1n) is 9.63. The van der Waals surface area contributed by atoms with Gasteiger partial charge in [-0.1, -0.05) is 112 Å². The summed E-state index contributed by atoms with van der Waals surface area (Å²) in [5.41, 5.74) is 0. The molecule has 0 nitrogen and oxygen atoms in total. The highest BCUT2D eigenvalue weighted by Crippen LogP contribution is 2.28. The molecule has 0 aromatic rings. The number of hydrogen-bond donors (Lipinski definition) is 0. The number of rotatable bonds is 14. The van der Waals surface area contributed by atoms with E-state index >= 15 is 0 Å². The van der Waals surface area contributed by atoms with Gasteiger partial charge in [0.25, 0.3) is 0 Å². The third kappa shape index (κ3) is 10.7. The van der Waals surface area contributed by atoms with Crippen molar-refractivity contribution >= 4 is 0 Å². The van der Waals surface area contributed by atoms with Gasteiger partial charge in [-0.2, -0.15) is 0 Å². The molecule has 0 aliphatic carbocycles. The molecule has 0 aromatic heterocycles. The van der Waals surface area contributed by atoms with Crippen LogP contribution in [0.5, 0.6) is 0 Å². The summed E-state index contributed by atoms with van der Waals surface area (Å²) >= 11 is 0. The molecule has 0 aliphatic heterocycles. The Morgan fingerprint density at radius 1 is 0.500 bits per heavy atom. The minimum absolute atomic E-state index is 0.906. The van der Waals surface area contributed by atoms with E-state index in [4.69, 9.17) is 0 Å². The summed E-state index contributed by atoms with van der Waals surface area (Å²) in [6.07, 6.45) is 17.3. The van der Waals surface area contributed by atoms with Gasteiger partial charge in [0.1, 0.15) is 0 Å². The van der Waals surface area contributed by atoms with Crippen molar-refractivity contribution in [2.75, 3.05) is 0 Å². The molecule has 0 spiro atoms. The van der Waals surface area contributed by atoms with Gasteiger partial charge in [-0.3, -0.25) is 0 Å². The van der Waals surface area contributed by atoms with E-state index in [2.05, 4.69) is 34.6 Å². The van der Waals surface area contributed by atoms with E-state index in [0.717, 1.165) is 17.8 Å². The Labute approximate surface area is 130 Å². The van der Waals surface area contributed by atoms with Gasteiger partial charge in [-0.25, -0.2) is 0 Å². The molecule has 0 heterocycles. The highest BCUT2D eigenvalue weighted by molar-refractivity contribution is 4.68. The lowest BCUT2D eigenvalue weighted by molar-refractivity contribution is 0.248. The predicted octanol–water partition coefficient (Wildman–Crippen LogP) is 7.62. The van der Waals surface area contributed by atoms with E-state index in [-0.39, 0.29) is 0 Å². The van der Waals surface area contributed by atoms with Gasteiger partial charge in [-0.05, 0) is 17.8 Å². The first-order chi connectivity index (χ1) is 9.63. The second-order valence-corrected chi connectivity index (χ2v) is 7.22. The van der Waals surface area contributed by atoms with Gasteiger partial charge < -0.3 is 0 Å². The SMILES string of the molecule is CCCCCCCCCCCC(C)C(C)C(C)CCC. The van der Waals surface area contributed by atoms with Crippen LogP contribution in [0, 0.1) is 17.8 Å². The normalized spacial score (nSPS) is 16.1. The van der Waals surface area contributed by atoms with Gasteiger partial charge >= 0.3 is 0 Å². The summed E-state index contributed by atoms with van der Waals surface area (Å²) in [6.45, 7) is 12.0. The predicted molar refractivity (Wildman–Crippen MR) is 94.2 cm³/mol. The molecule has 0 N–H and O–H groups in total. The summed E-state index contributed by atoms with van der Waals surface area (Å²) in [5.74, 6) is 2.73. The van der Waals surface area contributed by atoms with Crippen LogP contribution < -0.4 is 0 Å². The molecule has 3 atom stereocenters. The monoisotopic (exact) mass is 282 g/mol. The topological polar surface area (TPSA) is 0 Å². The summed E-state index contributed by atoms with van der Waals surface area (Å²) in [7, 11) is 0. The van der Waals surface area contributed by atoms with Crippen LogP contribution in [0.1, 0.15) is 112 Å². The van der Waals surface area contributed by atoms with Crippen molar-refractivity contribution in [3.63, 3.8) is 0 Å². The molecule has 0 aliphatic rings. The van der Waals surface area contributed by atoms with Gasteiger partial charge in [0.05, 0.1) is 0 Å². The van der Waals surface area contributed by atoms with Crippen LogP contribution in [0.4, 0.5) is 0 Å². The Kier molecular flexibility index (Phi) is 14.0. The maximum absolute atomic E-state index is 2.47. The van der Waals surface area contributed by atoms with Gasteiger partial charge in [-0.15, -0.1) is 0 Å². The Bertz CT molecular complexity index is 184. The van der Waals surface area contributed by atoms with Crippen molar-refractivity contribution in [3.05, 3.63) is 0 Å². The van der Waals surface area contributed by atoms with Crippen LogP contribution in [0.25, 0.3) is 0 Å². The zero-order valence-corrected chi connectivity index (χ0v) is 15.2. The first kappa shape index (κ1) is 20.0. The average Bonchev–Trinajstić information content (AvgIpc) is 2.44. The average molecular weight is 283 g/mol. The molecule has 20 heavy (non-hydrogen) atoms. The quantitative estimate of drug-likeness (QED) is 0.287. The van der Waals surface area contributed by atoms with Gasteiger partial charge in [0, 0.05) is 0 Å². The number of hydrogen-bond acceptors (Lipinski definition) is 0. The zero-order valence-electron chi connectivity index (χ0n) is 15.2. The van der Waals surface area contributed by atoms with E-state index in [9.17, 15) is 0 Å². The van der Waals surface area contributed by atoms with Crippen LogP contribution in [0.2, 0.25) is 0 Å². The van der Waals surface area contributed by atoms with Crippen molar-refractivity contribution in [2.24, 2.45) is 17.8 Å². The van der Waals surface area contributed by atoms with E-state index in [0.29, 0.717) is 0 Å². The standard InChI is InChI=1S/C20H42/c1-6-8-9-10-11-12-13-14-15-17-19(4)20(5)18(3)16-7-2/h18-20H,6-17H2,1-5H3. The molecule has 0 bridgehead atoms. The first-order valence-corrected chi connectivity index (χ1v) is 9.63. The van der Waals surface area contributed by atoms with Crippen molar-refractivity contribution in [3.8, 4) is 0 Å². The number of unbranched alkanes of at least 4 members (excludes halogenated alkanes) is 8. The van der Waals surface area contributed by atoms with E-state index in [1.807, 2.05) is 0 Å². The lowest BCUT2D eigenvalue weighted by Gasteiger charge is -2.26. The Balaban J connectivity index is 3.40. The smallest absolute Gasteiger partial charge is 0.0391 e. The molecular weight excluding hydrogens is 240 g/mol. The molecule has 0 rings (SSSR count). The summed E-state index contributed by atoms with van der Waals surface area (Å²) < 4.78 is 0. The Hall–Kier alpha value is 0. The van der Waals surface area contributed by atoms with E-state index < -0.39 is 0 Å². The van der Waals surface area contributed by atoms with Gasteiger partial charge in [0.2, 0.25) is 0 Å². The molecule has 0 aromatic carbocycles. The van der Waals surface area contributed by atoms with Crippen molar-refractivity contribution < 1.29 is 0 Å². The molecule has 3 unspecified atom stereocenters. The van der Waals surface area contributed by atoms with Crippen LogP contribution in [-0.2, 0) is 0 Å². The molecular formula is C20H42. The summed E-state index contributed by atoms with van der Waals surface area (Å²) in [4.78, 5) is 0. The van der Waals surface area contributed by atoms with Crippen LogP contribution in [0.3, 0.4) is 0 Å². The lowest BCUT2D eigenvalue weighted by Crippen LogP contribution is -2.16. The molecule has 0 saturated carbocycles. The third-order valence-corrected chi connectivity index (χ3v) is 5.30. The van der Waals surface area contributed by atoms with E-state index in [1.54, 1.807) is 0 Å². The lowest BCUT2D eigenvalue weighted by atomic mass is 9.80. The fraction of sp³-hybridized carbons (Fsp3) is 1.00. The summed E-state index contributed by atoms with van der Waals surface area (Å²) in [6, 6.07) is 0. The molecule has 0 heteroatoms. The maximum atomic E-state index is 2.47. The molecule has 0 saturated heterocycles.